The Bertz CT molecular complexity index is 701. The molecular weight excluding hydrogens is 282 g/mol. The Morgan fingerprint density at radius 2 is 1.61 bits per heavy atom. The van der Waals surface area contributed by atoms with E-state index >= 15 is 0 Å². The molecule has 0 aliphatic carbocycles. The van der Waals surface area contributed by atoms with Gasteiger partial charge >= 0.3 is 0 Å². The lowest BCUT2D eigenvalue weighted by molar-refractivity contribution is -0.126. The van der Waals surface area contributed by atoms with Gasteiger partial charge in [-0.05, 0) is 17.2 Å². The fourth-order valence-corrected chi connectivity index (χ4v) is 3.25. The summed E-state index contributed by atoms with van der Waals surface area (Å²) in [6, 6.07) is 20.6. The van der Waals surface area contributed by atoms with Crippen LogP contribution < -0.4 is 0 Å². The molecule has 3 rings (SSSR count). The van der Waals surface area contributed by atoms with Crippen LogP contribution in [0.5, 0.6) is 0 Å². The monoisotopic (exact) mass is 305 g/mol. The minimum absolute atomic E-state index is 0.269. The summed E-state index contributed by atoms with van der Waals surface area (Å²) < 4.78 is 0. The summed E-state index contributed by atoms with van der Waals surface area (Å²) in [7, 11) is 0. The Hall–Kier alpha value is -2.19. The average molecular weight is 305 g/mol. The first-order chi connectivity index (χ1) is 11.0. The number of nitrogens with zero attached hydrogens (tertiary/aromatic N) is 1. The summed E-state index contributed by atoms with van der Waals surface area (Å²) in [6.45, 7) is 6.49. The second kappa shape index (κ2) is 6.51. The summed E-state index contributed by atoms with van der Waals surface area (Å²) in [5.74, 6) is 0.269. The molecule has 2 nitrogen and oxygen atoms in total. The first-order valence-corrected chi connectivity index (χ1v) is 8.11. The van der Waals surface area contributed by atoms with Gasteiger partial charge in [0.05, 0.1) is 0 Å². The Morgan fingerprint density at radius 3 is 2.26 bits per heavy atom. The Balaban J connectivity index is 1.84. The third-order valence-electron chi connectivity index (χ3n) is 4.31. The molecule has 0 bridgehead atoms. The second-order valence-corrected chi connectivity index (χ2v) is 6.92. The highest BCUT2D eigenvalue weighted by Crippen LogP contribution is 2.30. The summed E-state index contributed by atoms with van der Waals surface area (Å²) >= 11 is 0. The van der Waals surface area contributed by atoms with Crippen LogP contribution in [0.15, 0.2) is 66.2 Å². The molecule has 0 radical (unpaired) electrons. The summed E-state index contributed by atoms with van der Waals surface area (Å²) in [5, 5.41) is 0. The molecule has 0 N–H and O–H groups in total. The highest BCUT2D eigenvalue weighted by atomic mass is 16.1. The van der Waals surface area contributed by atoms with E-state index in [4.69, 9.17) is 0 Å². The molecule has 23 heavy (non-hydrogen) atoms. The zero-order chi connectivity index (χ0) is 16.3. The van der Waals surface area contributed by atoms with E-state index in [9.17, 15) is 4.79 Å². The van der Waals surface area contributed by atoms with E-state index in [1.165, 1.54) is 5.56 Å². The number of piperidine rings is 1. The van der Waals surface area contributed by atoms with E-state index in [2.05, 4.69) is 29.2 Å². The van der Waals surface area contributed by atoms with Crippen molar-refractivity contribution in [2.24, 2.45) is 5.41 Å². The van der Waals surface area contributed by atoms with Gasteiger partial charge in [0, 0.05) is 30.6 Å². The number of benzene rings is 2. The quantitative estimate of drug-likeness (QED) is 0.793. The maximum atomic E-state index is 12.8. The predicted molar refractivity (Wildman–Crippen MR) is 94.9 cm³/mol. The van der Waals surface area contributed by atoms with Crippen LogP contribution in [-0.2, 0) is 11.3 Å². The number of Topliss-reactive ketones (excluding diaryl/α,β-unsaturated/α-hetero) is 1. The fraction of sp³-hybridized carbons (Fsp3) is 0.286. The number of carbonyl (C=O) groups is 1. The van der Waals surface area contributed by atoms with Crippen molar-refractivity contribution in [1.82, 2.24) is 4.90 Å². The van der Waals surface area contributed by atoms with E-state index in [0.717, 1.165) is 24.2 Å². The number of rotatable bonds is 3. The summed E-state index contributed by atoms with van der Waals surface area (Å²) in [6.07, 6.45) is 2.04. The second-order valence-electron chi connectivity index (χ2n) is 6.92. The van der Waals surface area contributed by atoms with Crippen LogP contribution in [0, 0.1) is 5.41 Å². The topological polar surface area (TPSA) is 20.3 Å². The van der Waals surface area contributed by atoms with Crippen molar-refractivity contribution >= 4 is 11.9 Å². The van der Waals surface area contributed by atoms with Gasteiger partial charge in [0.1, 0.15) is 0 Å². The first-order valence-electron chi connectivity index (χ1n) is 8.11. The van der Waals surface area contributed by atoms with E-state index < -0.39 is 0 Å². The van der Waals surface area contributed by atoms with Crippen molar-refractivity contribution < 1.29 is 4.79 Å². The van der Waals surface area contributed by atoms with Crippen molar-refractivity contribution in [3.8, 4) is 0 Å². The molecule has 2 aromatic carbocycles. The zero-order valence-corrected chi connectivity index (χ0v) is 13.8. The van der Waals surface area contributed by atoms with Crippen LogP contribution in [0.25, 0.3) is 6.08 Å². The highest BCUT2D eigenvalue weighted by molar-refractivity contribution is 6.04. The highest BCUT2D eigenvalue weighted by Gasteiger charge is 2.37. The minimum atomic E-state index is -0.340. The van der Waals surface area contributed by atoms with Gasteiger partial charge in [-0.3, -0.25) is 9.69 Å². The molecule has 0 saturated carbocycles. The van der Waals surface area contributed by atoms with Gasteiger partial charge in [-0.25, -0.2) is 0 Å². The van der Waals surface area contributed by atoms with E-state index in [1.54, 1.807) is 0 Å². The number of ketones is 1. The summed E-state index contributed by atoms with van der Waals surface area (Å²) in [5.41, 5.74) is 2.95. The molecule has 0 spiro atoms. The molecule has 1 aliphatic heterocycles. The van der Waals surface area contributed by atoms with Crippen LogP contribution >= 0.6 is 0 Å². The van der Waals surface area contributed by atoms with Crippen molar-refractivity contribution in [2.75, 3.05) is 13.1 Å². The standard InChI is InChI=1S/C21H23NO/c1-21(2)16-22(14-18-11-7-4-8-12-18)15-19(20(21)23)13-17-9-5-3-6-10-17/h3-13H,14-16H2,1-2H3/b19-13-. The van der Waals surface area contributed by atoms with Crippen LogP contribution in [0.2, 0.25) is 0 Å². The van der Waals surface area contributed by atoms with Crippen molar-refractivity contribution in [1.29, 1.82) is 0 Å². The number of likely N-dealkylation sites (tertiary alicyclic amines) is 1. The SMILES string of the molecule is CC1(C)CN(Cc2ccccc2)C/C(=C/c2ccccc2)C1=O. The molecule has 2 aromatic rings. The Morgan fingerprint density at radius 1 is 1.00 bits per heavy atom. The molecule has 1 heterocycles. The lowest BCUT2D eigenvalue weighted by Gasteiger charge is -2.38. The largest absolute Gasteiger partial charge is 0.294 e. The van der Waals surface area contributed by atoms with Crippen molar-refractivity contribution in [3.63, 3.8) is 0 Å². The van der Waals surface area contributed by atoms with Gasteiger partial charge < -0.3 is 0 Å². The smallest absolute Gasteiger partial charge is 0.167 e. The average Bonchev–Trinajstić information content (AvgIpc) is 2.54. The molecular formula is C21H23NO. The predicted octanol–water partition coefficient (Wildman–Crippen LogP) is 4.18. The van der Waals surface area contributed by atoms with E-state index in [1.807, 2.05) is 56.3 Å². The molecule has 1 aliphatic rings. The van der Waals surface area contributed by atoms with E-state index in [0.29, 0.717) is 6.54 Å². The summed E-state index contributed by atoms with van der Waals surface area (Å²) in [4.78, 5) is 15.1. The van der Waals surface area contributed by atoms with Gasteiger partial charge in [0.2, 0.25) is 0 Å². The molecule has 0 atom stereocenters. The van der Waals surface area contributed by atoms with Gasteiger partial charge in [-0.2, -0.15) is 0 Å². The maximum absolute atomic E-state index is 12.8. The molecule has 0 amide bonds. The third kappa shape index (κ3) is 3.77. The van der Waals surface area contributed by atoms with E-state index in [-0.39, 0.29) is 11.2 Å². The van der Waals surface area contributed by atoms with Crippen molar-refractivity contribution in [3.05, 3.63) is 77.4 Å². The number of hydrogen-bond acceptors (Lipinski definition) is 2. The minimum Gasteiger partial charge on any atom is -0.294 e. The first kappa shape index (κ1) is 15.7. The van der Waals surface area contributed by atoms with Gasteiger partial charge in [0.25, 0.3) is 0 Å². The molecule has 0 unspecified atom stereocenters. The Kier molecular flexibility index (Phi) is 4.44. The zero-order valence-electron chi connectivity index (χ0n) is 13.8. The van der Waals surface area contributed by atoms with Gasteiger partial charge in [0.15, 0.2) is 5.78 Å². The van der Waals surface area contributed by atoms with Crippen LogP contribution in [0.4, 0.5) is 0 Å². The fourth-order valence-electron chi connectivity index (χ4n) is 3.25. The number of carbonyl (C=O) groups excluding carboxylic acids is 1. The number of hydrogen-bond donors (Lipinski definition) is 0. The van der Waals surface area contributed by atoms with Gasteiger partial charge in [-0.15, -0.1) is 0 Å². The van der Waals surface area contributed by atoms with Gasteiger partial charge in [-0.1, -0.05) is 74.5 Å². The molecule has 2 heteroatoms. The maximum Gasteiger partial charge on any atom is 0.167 e. The third-order valence-corrected chi connectivity index (χ3v) is 4.31. The normalized spacial score (nSPS) is 19.9. The molecule has 1 fully saturated rings. The molecule has 1 saturated heterocycles. The lowest BCUT2D eigenvalue weighted by atomic mass is 9.79. The Labute approximate surface area is 138 Å². The molecule has 118 valence electrons. The van der Waals surface area contributed by atoms with Crippen molar-refractivity contribution in [2.45, 2.75) is 20.4 Å². The lowest BCUT2D eigenvalue weighted by Crippen LogP contribution is -2.47. The van der Waals surface area contributed by atoms with Crippen LogP contribution in [0.1, 0.15) is 25.0 Å². The molecule has 0 aromatic heterocycles. The van der Waals surface area contributed by atoms with Crippen LogP contribution in [-0.4, -0.2) is 23.8 Å². The van der Waals surface area contributed by atoms with Crippen LogP contribution in [0.3, 0.4) is 0 Å².